The lowest BCUT2D eigenvalue weighted by Gasteiger charge is -2.13. The van der Waals surface area contributed by atoms with Crippen molar-refractivity contribution in [1.82, 2.24) is 0 Å². The fourth-order valence-electron chi connectivity index (χ4n) is 2.35. The number of hydrogen-bond donors (Lipinski definition) is 1. The summed E-state index contributed by atoms with van der Waals surface area (Å²) in [5.74, 6) is 0.815. The Hall–Kier alpha value is -2.42. The minimum Gasteiger partial charge on any atom is -0.456 e. The van der Waals surface area contributed by atoms with Crippen LogP contribution in [0, 0.1) is 0 Å². The number of sulfonamides is 1. The minimum atomic E-state index is -4.78. The molecule has 0 fully saturated rings. The molecule has 29 heavy (non-hydrogen) atoms. The van der Waals surface area contributed by atoms with E-state index >= 15 is 0 Å². The van der Waals surface area contributed by atoms with Crippen LogP contribution in [0.1, 0.15) is 5.56 Å². The molecule has 0 radical (unpaired) electrons. The van der Waals surface area contributed by atoms with E-state index < -0.39 is 31.7 Å². The number of anilines is 1. The van der Waals surface area contributed by atoms with Gasteiger partial charge in [0.2, 0.25) is 0 Å². The number of halogens is 5. The summed E-state index contributed by atoms with van der Waals surface area (Å²) in [6, 6.07) is 15.0. The van der Waals surface area contributed by atoms with Crippen LogP contribution in [0.2, 0.25) is 10.0 Å². The van der Waals surface area contributed by atoms with Crippen LogP contribution in [0.5, 0.6) is 11.5 Å². The second-order valence-corrected chi connectivity index (χ2v) is 8.30. The Kier molecular flexibility index (Phi) is 5.97. The van der Waals surface area contributed by atoms with E-state index in [1.54, 1.807) is 24.3 Å². The predicted octanol–water partition coefficient (Wildman–Crippen LogP) is 6.61. The van der Waals surface area contributed by atoms with Crippen molar-refractivity contribution in [3.8, 4) is 11.5 Å². The maximum Gasteiger partial charge on any atom is 0.417 e. The van der Waals surface area contributed by atoms with Crippen molar-refractivity contribution < 1.29 is 26.3 Å². The molecule has 3 aromatic rings. The normalized spacial score (nSPS) is 11.9. The van der Waals surface area contributed by atoms with E-state index in [-0.39, 0.29) is 5.69 Å². The van der Waals surface area contributed by atoms with Crippen molar-refractivity contribution >= 4 is 38.9 Å². The summed E-state index contributed by atoms with van der Waals surface area (Å²) in [6.45, 7) is 0. The fourth-order valence-corrected chi connectivity index (χ4v) is 3.83. The highest BCUT2D eigenvalue weighted by Crippen LogP contribution is 2.36. The summed E-state index contributed by atoms with van der Waals surface area (Å²) >= 11 is 11.5. The van der Waals surface area contributed by atoms with E-state index in [1.807, 2.05) is 0 Å². The van der Waals surface area contributed by atoms with Gasteiger partial charge in [0.25, 0.3) is 10.0 Å². The van der Waals surface area contributed by atoms with E-state index in [4.69, 9.17) is 27.9 Å². The molecule has 0 spiro atoms. The lowest BCUT2D eigenvalue weighted by molar-refractivity contribution is -0.137. The quantitative estimate of drug-likeness (QED) is 0.465. The maximum absolute atomic E-state index is 13.0. The van der Waals surface area contributed by atoms with Gasteiger partial charge in [-0.1, -0.05) is 35.3 Å². The van der Waals surface area contributed by atoms with Crippen LogP contribution in [0.25, 0.3) is 0 Å². The Bertz CT molecular complexity index is 1130. The zero-order valence-corrected chi connectivity index (χ0v) is 16.7. The molecule has 1 N–H and O–H groups in total. The van der Waals surface area contributed by atoms with E-state index in [1.165, 1.54) is 24.3 Å². The van der Waals surface area contributed by atoms with Crippen LogP contribution in [-0.4, -0.2) is 8.42 Å². The second-order valence-electron chi connectivity index (χ2n) is 5.80. The number of alkyl halides is 3. The third-order valence-electron chi connectivity index (χ3n) is 3.72. The topological polar surface area (TPSA) is 55.4 Å². The van der Waals surface area contributed by atoms with Crippen LogP contribution >= 0.6 is 23.2 Å². The predicted molar refractivity (Wildman–Crippen MR) is 105 cm³/mol. The van der Waals surface area contributed by atoms with Gasteiger partial charge < -0.3 is 4.74 Å². The molecule has 3 rings (SSSR count). The Morgan fingerprint density at radius 2 is 1.52 bits per heavy atom. The molecule has 0 saturated heterocycles. The number of benzene rings is 3. The van der Waals surface area contributed by atoms with Gasteiger partial charge in [-0.15, -0.1) is 0 Å². The number of ether oxygens (including phenoxy) is 1. The molecule has 152 valence electrons. The fraction of sp³-hybridized carbons (Fsp3) is 0.0526. The number of rotatable bonds is 5. The van der Waals surface area contributed by atoms with Crippen LogP contribution < -0.4 is 9.46 Å². The molecule has 0 heterocycles. The van der Waals surface area contributed by atoms with Crippen LogP contribution in [0.3, 0.4) is 0 Å². The molecule has 0 bridgehead atoms. The summed E-state index contributed by atoms with van der Waals surface area (Å²) in [7, 11) is -4.26. The molecule has 0 aliphatic heterocycles. The van der Waals surface area contributed by atoms with Gasteiger partial charge >= 0.3 is 6.18 Å². The zero-order valence-electron chi connectivity index (χ0n) is 14.4. The highest BCUT2D eigenvalue weighted by atomic mass is 35.5. The zero-order chi connectivity index (χ0) is 21.2. The Balaban J connectivity index is 1.80. The second kappa shape index (κ2) is 8.14. The first-order valence-electron chi connectivity index (χ1n) is 7.98. The third-order valence-corrected chi connectivity index (χ3v) is 5.75. The van der Waals surface area contributed by atoms with Gasteiger partial charge in [-0.2, -0.15) is 13.2 Å². The summed E-state index contributed by atoms with van der Waals surface area (Å²) in [6.07, 6.45) is -4.78. The van der Waals surface area contributed by atoms with Gasteiger partial charge in [0.05, 0.1) is 20.5 Å². The van der Waals surface area contributed by atoms with Gasteiger partial charge in [0, 0.05) is 5.69 Å². The first-order chi connectivity index (χ1) is 13.6. The highest BCUT2D eigenvalue weighted by molar-refractivity contribution is 7.92. The van der Waals surface area contributed by atoms with Crippen LogP contribution in [0.15, 0.2) is 71.6 Å². The van der Waals surface area contributed by atoms with Crippen molar-refractivity contribution in [3.63, 3.8) is 0 Å². The molecule has 0 aliphatic carbocycles. The average Bonchev–Trinajstić information content (AvgIpc) is 2.64. The average molecular weight is 462 g/mol. The Morgan fingerprint density at radius 3 is 2.14 bits per heavy atom. The van der Waals surface area contributed by atoms with Crippen molar-refractivity contribution in [2.45, 2.75) is 11.1 Å². The molecule has 3 aromatic carbocycles. The van der Waals surface area contributed by atoms with E-state index in [2.05, 4.69) is 4.72 Å². The molecule has 0 amide bonds. The van der Waals surface area contributed by atoms with Crippen molar-refractivity contribution in [2.24, 2.45) is 0 Å². The Morgan fingerprint density at radius 1 is 0.862 bits per heavy atom. The van der Waals surface area contributed by atoms with Crippen molar-refractivity contribution in [3.05, 3.63) is 82.3 Å². The van der Waals surface area contributed by atoms with Gasteiger partial charge in [0.1, 0.15) is 11.5 Å². The molecular formula is C19H12Cl2F3NO3S. The number of hydrogen-bond acceptors (Lipinski definition) is 3. The standard InChI is InChI=1S/C19H12Cl2F3NO3S/c20-16-10-9-14(11-15(16)19(22,23)24)29(26,27)25-12-5-7-13(8-6-12)28-18-4-2-1-3-17(18)21/h1-11,25H. The van der Waals surface area contributed by atoms with Crippen LogP contribution in [-0.2, 0) is 16.2 Å². The first-order valence-corrected chi connectivity index (χ1v) is 10.2. The monoisotopic (exact) mass is 461 g/mol. The molecule has 0 saturated carbocycles. The Labute approximate surface area is 174 Å². The lowest BCUT2D eigenvalue weighted by Crippen LogP contribution is -2.15. The summed E-state index contributed by atoms with van der Waals surface area (Å²) < 4.78 is 71.6. The SMILES string of the molecule is O=S(=O)(Nc1ccc(Oc2ccccc2Cl)cc1)c1ccc(Cl)c(C(F)(F)F)c1. The van der Waals surface area contributed by atoms with E-state index in [0.717, 1.165) is 12.1 Å². The molecular weight excluding hydrogens is 450 g/mol. The number of para-hydroxylation sites is 1. The maximum atomic E-state index is 13.0. The summed E-state index contributed by atoms with van der Waals surface area (Å²) in [5, 5.41) is -0.182. The summed E-state index contributed by atoms with van der Waals surface area (Å²) in [4.78, 5) is -0.564. The minimum absolute atomic E-state index is 0.139. The van der Waals surface area contributed by atoms with Gasteiger partial charge in [-0.25, -0.2) is 8.42 Å². The van der Waals surface area contributed by atoms with Gasteiger partial charge in [-0.05, 0) is 54.6 Å². The van der Waals surface area contributed by atoms with Gasteiger partial charge in [-0.3, -0.25) is 4.72 Å². The molecule has 10 heteroatoms. The van der Waals surface area contributed by atoms with Crippen LogP contribution in [0.4, 0.5) is 18.9 Å². The summed E-state index contributed by atoms with van der Waals surface area (Å²) in [5.41, 5.74) is -1.09. The smallest absolute Gasteiger partial charge is 0.417 e. The largest absolute Gasteiger partial charge is 0.456 e. The van der Waals surface area contributed by atoms with Crippen molar-refractivity contribution in [1.29, 1.82) is 0 Å². The lowest BCUT2D eigenvalue weighted by atomic mass is 10.2. The van der Waals surface area contributed by atoms with E-state index in [9.17, 15) is 21.6 Å². The molecule has 0 atom stereocenters. The molecule has 0 aliphatic rings. The third kappa shape index (κ3) is 5.14. The van der Waals surface area contributed by atoms with Gasteiger partial charge in [0.15, 0.2) is 0 Å². The highest BCUT2D eigenvalue weighted by Gasteiger charge is 2.34. The van der Waals surface area contributed by atoms with E-state index in [0.29, 0.717) is 22.6 Å². The first kappa shape index (κ1) is 21.3. The number of nitrogens with one attached hydrogen (secondary N) is 1. The molecule has 0 aromatic heterocycles. The van der Waals surface area contributed by atoms with Crippen molar-refractivity contribution in [2.75, 3.05) is 4.72 Å². The molecule has 4 nitrogen and oxygen atoms in total. The molecule has 0 unspecified atom stereocenters.